The zero-order valence-corrected chi connectivity index (χ0v) is 15.7. The first-order valence-corrected chi connectivity index (χ1v) is 9.25. The van der Waals surface area contributed by atoms with Crippen LogP contribution in [0.25, 0.3) is 0 Å². The summed E-state index contributed by atoms with van der Waals surface area (Å²) in [7, 11) is 0. The van der Waals surface area contributed by atoms with E-state index >= 15 is 0 Å². The minimum absolute atomic E-state index is 0.0714. The summed E-state index contributed by atoms with van der Waals surface area (Å²) in [4.78, 5) is 31.4. The molecule has 0 aromatic carbocycles. The summed E-state index contributed by atoms with van der Waals surface area (Å²) in [5, 5.41) is 3.33. The second kappa shape index (κ2) is 8.63. The Morgan fingerprint density at radius 3 is 2.68 bits per heavy atom. The van der Waals surface area contributed by atoms with Crippen LogP contribution in [0.2, 0.25) is 5.02 Å². The van der Waals surface area contributed by atoms with Crippen molar-refractivity contribution in [3.05, 3.63) is 23.4 Å². The molecule has 2 amide bonds. The molecule has 1 aromatic rings. The Balaban J connectivity index is 2.03. The number of nitrogens with zero attached hydrogens (tertiary/aromatic N) is 2. The number of piperidine rings is 1. The Bertz CT molecular complexity index is 593. The van der Waals surface area contributed by atoms with Gasteiger partial charge < -0.3 is 16.0 Å². The zero-order valence-electron chi connectivity index (χ0n) is 14.9. The van der Waals surface area contributed by atoms with Crippen LogP contribution in [0, 0.1) is 11.3 Å². The minimum Gasteiger partial charge on any atom is -0.341 e. The van der Waals surface area contributed by atoms with Crippen molar-refractivity contribution >= 4 is 29.2 Å². The van der Waals surface area contributed by atoms with Crippen LogP contribution in [0.1, 0.15) is 39.5 Å². The first-order valence-electron chi connectivity index (χ1n) is 8.87. The van der Waals surface area contributed by atoms with Crippen molar-refractivity contribution in [1.29, 1.82) is 0 Å². The van der Waals surface area contributed by atoms with E-state index in [0.717, 1.165) is 12.8 Å². The number of hydrogen-bond acceptors (Lipinski definition) is 4. The fourth-order valence-corrected chi connectivity index (χ4v) is 3.43. The molecule has 6 nitrogen and oxygen atoms in total. The molecule has 1 unspecified atom stereocenters. The third-order valence-corrected chi connectivity index (χ3v) is 5.48. The lowest BCUT2D eigenvalue weighted by Gasteiger charge is -2.39. The Morgan fingerprint density at radius 1 is 1.40 bits per heavy atom. The molecule has 1 atom stereocenters. The third-order valence-electron chi connectivity index (χ3n) is 5.26. The number of likely N-dealkylation sites (tertiary alicyclic amines) is 1. The fraction of sp³-hybridized carbons (Fsp3) is 0.611. The van der Waals surface area contributed by atoms with Gasteiger partial charge in [-0.2, -0.15) is 0 Å². The van der Waals surface area contributed by atoms with Crippen molar-refractivity contribution in [2.75, 3.05) is 25.0 Å². The Labute approximate surface area is 154 Å². The summed E-state index contributed by atoms with van der Waals surface area (Å²) >= 11 is 5.81. The molecule has 2 rings (SSSR count). The fourth-order valence-electron chi connectivity index (χ4n) is 3.32. The number of carbonyl (C=O) groups is 2. The standard InChI is InChI=1S/C18H27ClN4O2/c1-3-18(4-2,12-20)17(25)23-9-5-6-13(11-23)16(24)22-15-8-7-14(19)10-21-15/h7-8,10,13H,3-6,9,11-12,20H2,1-2H3,(H,21,22,24). The molecule has 1 aliphatic rings. The second-order valence-corrected chi connectivity index (χ2v) is 7.07. The number of nitrogens with one attached hydrogen (secondary N) is 1. The molecule has 2 heterocycles. The number of carbonyl (C=O) groups excluding carboxylic acids is 2. The van der Waals surface area contributed by atoms with E-state index in [2.05, 4.69) is 10.3 Å². The van der Waals surface area contributed by atoms with Gasteiger partial charge in [0.1, 0.15) is 5.82 Å². The van der Waals surface area contributed by atoms with Crippen LogP contribution in [0.5, 0.6) is 0 Å². The van der Waals surface area contributed by atoms with Gasteiger partial charge in [-0.15, -0.1) is 0 Å². The number of rotatable bonds is 6. The van der Waals surface area contributed by atoms with Gasteiger partial charge >= 0.3 is 0 Å². The molecule has 3 N–H and O–H groups in total. The molecule has 1 fully saturated rings. The van der Waals surface area contributed by atoms with Crippen molar-refractivity contribution in [3.63, 3.8) is 0 Å². The molecule has 0 saturated carbocycles. The number of hydrogen-bond donors (Lipinski definition) is 2. The van der Waals surface area contributed by atoms with Crippen molar-refractivity contribution in [3.8, 4) is 0 Å². The van der Waals surface area contributed by atoms with Gasteiger partial charge in [0.05, 0.1) is 16.4 Å². The molecule has 7 heteroatoms. The van der Waals surface area contributed by atoms with E-state index < -0.39 is 5.41 Å². The van der Waals surface area contributed by atoms with Gasteiger partial charge in [-0.05, 0) is 37.8 Å². The maximum atomic E-state index is 13.0. The molecular formula is C18H27ClN4O2. The highest BCUT2D eigenvalue weighted by Crippen LogP contribution is 2.30. The Hall–Kier alpha value is -1.66. The number of amides is 2. The maximum absolute atomic E-state index is 13.0. The van der Waals surface area contributed by atoms with Gasteiger partial charge in [0.2, 0.25) is 11.8 Å². The molecule has 0 bridgehead atoms. The van der Waals surface area contributed by atoms with Crippen LogP contribution in [0.3, 0.4) is 0 Å². The van der Waals surface area contributed by atoms with Crippen LogP contribution in [0.15, 0.2) is 18.3 Å². The molecule has 0 aliphatic carbocycles. The largest absolute Gasteiger partial charge is 0.341 e. The van der Waals surface area contributed by atoms with Crippen LogP contribution in [-0.4, -0.2) is 41.3 Å². The average Bonchev–Trinajstić information content (AvgIpc) is 2.65. The molecule has 1 aliphatic heterocycles. The predicted molar refractivity (Wildman–Crippen MR) is 99.3 cm³/mol. The highest BCUT2D eigenvalue weighted by atomic mass is 35.5. The Kier molecular flexibility index (Phi) is 6.79. The van der Waals surface area contributed by atoms with E-state index in [1.54, 1.807) is 12.1 Å². The van der Waals surface area contributed by atoms with Gasteiger partial charge in [0.15, 0.2) is 0 Å². The molecule has 0 spiro atoms. The van der Waals surface area contributed by atoms with Gasteiger partial charge in [-0.3, -0.25) is 9.59 Å². The number of anilines is 1. The lowest BCUT2D eigenvalue weighted by atomic mass is 9.80. The van der Waals surface area contributed by atoms with Gasteiger partial charge in [-0.25, -0.2) is 4.98 Å². The molecule has 25 heavy (non-hydrogen) atoms. The highest BCUT2D eigenvalue weighted by molar-refractivity contribution is 6.30. The molecule has 0 radical (unpaired) electrons. The summed E-state index contributed by atoms with van der Waals surface area (Å²) in [6, 6.07) is 3.35. The highest BCUT2D eigenvalue weighted by Gasteiger charge is 2.39. The van der Waals surface area contributed by atoms with E-state index in [1.165, 1.54) is 6.20 Å². The predicted octanol–water partition coefficient (Wildman–Crippen LogP) is 2.68. The number of pyridine rings is 1. The summed E-state index contributed by atoms with van der Waals surface area (Å²) in [5.74, 6) is 0.191. The van der Waals surface area contributed by atoms with E-state index in [1.807, 2.05) is 18.7 Å². The zero-order chi connectivity index (χ0) is 18.4. The van der Waals surface area contributed by atoms with Crippen molar-refractivity contribution in [2.24, 2.45) is 17.1 Å². The van der Waals surface area contributed by atoms with Crippen molar-refractivity contribution in [1.82, 2.24) is 9.88 Å². The minimum atomic E-state index is -0.518. The molecule has 1 saturated heterocycles. The van der Waals surface area contributed by atoms with Crippen LogP contribution < -0.4 is 11.1 Å². The topological polar surface area (TPSA) is 88.3 Å². The lowest BCUT2D eigenvalue weighted by Crippen LogP contribution is -2.52. The molecular weight excluding hydrogens is 340 g/mol. The SMILES string of the molecule is CCC(CC)(CN)C(=O)N1CCCC(C(=O)Nc2ccc(Cl)cn2)C1. The first kappa shape index (κ1) is 19.7. The van der Waals surface area contributed by atoms with Gasteiger partial charge in [0, 0.05) is 25.8 Å². The summed E-state index contributed by atoms with van der Waals surface area (Å²) in [6.07, 6.45) is 4.48. The van der Waals surface area contributed by atoms with E-state index in [0.29, 0.717) is 43.3 Å². The summed E-state index contributed by atoms with van der Waals surface area (Å²) in [6.45, 7) is 5.44. The van der Waals surface area contributed by atoms with Gasteiger partial charge in [0.25, 0.3) is 0 Å². The summed E-state index contributed by atoms with van der Waals surface area (Å²) in [5.41, 5.74) is 5.38. The average molecular weight is 367 g/mol. The second-order valence-electron chi connectivity index (χ2n) is 6.63. The van der Waals surface area contributed by atoms with Crippen molar-refractivity contribution in [2.45, 2.75) is 39.5 Å². The number of nitrogens with two attached hydrogens (primary N) is 1. The first-order chi connectivity index (χ1) is 12.0. The Morgan fingerprint density at radius 2 is 2.12 bits per heavy atom. The monoisotopic (exact) mass is 366 g/mol. The summed E-state index contributed by atoms with van der Waals surface area (Å²) < 4.78 is 0. The normalized spacial score (nSPS) is 18.1. The van der Waals surface area contributed by atoms with Crippen molar-refractivity contribution < 1.29 is 9.59 Å². The third kappa shape index (κ3) is 4.50. The van der Waals surface area contributed by atoms with Crippen LogP contribution in [0.4, 0.5) is 5.82 Å². The maximum Gasteiger partial charge on any atom is 0.230 e. The molecule has 1 aromatic heterocycles. The van der Waals surface area contributed by atoms with Crippen LogP contribution in [-0.2, 0) is 9.59 Å². The van der Waals surface area contributed by atoms with E-state index in [-0.39, 0.29) is 17.7 Å². The molecule has 138 valence electrons. The quantitative estimate of drug-likeness (QED) is 0.810. The number of aromatic nitrogens is 1. The number of halogens is 1. The smallest absolute Gasteiger partial charge is 0.230 e. The van der Waals surface area contributed by atoms with Crippen LogP contribution >= 0.6 is 11.6 Å². The van der Waals surface area contributed by atoms with E-state index in [9.17, 15) is 9.59 Å². The van der Waals surface area contributed by atoms with E-state index in [4.69, 9.17) is 17.3 Å². The lowest BCUT2D eigenvalue weighted by molar-refractivity contribution is -0.144. The van der Waals surface area contributed by atoms with Gasteiger partial charge in [-0.1, -0.05) is 25.4 Å².